The molecule has 0 aliphatic carbocycles. The number of nitrogens with one attached hydrogen (secondary N) is 1. The summed E-state index contributed by atoms with van der Waals surface area (Å²) in [6.07, 6.45) is -1.13. The summed E-state index contributed by atoms with van der Waals surface area (Å²) in [4.78, 5) is 0. The fourth-order valence-electron chi connectivity index (χ4n) is 3.95. The number of H-pyrrole nitrogens is 1. The largest absolute Gasteiger partial charge is 0.342 e. The summed E-state index contributed by atoms with van der Waals surface area (Å²) in [5, 5.41) is 7.35. The van der Waals surface area contributed by atoms with Crippen molar-refractivity contribution < 1.29 is 23.7 Å². The van der Waals surface area contributed by atoms with Crippen molar-refractivity contribution in [2.24, 2.45) is 0 Å². The van der Waals surface area contributed by atoms with Crippen LogP contribution in [0.25, 0.3) is 0 Å². The lowest BCUT2D eigenvalue weighted by atomic mass is 9.98. The molecule has 0 saturated carbocycles. The van der Waals surface area contributed by atoms with E-state index < -0.39 is 24.0 Å². The van der Waals surface area contributed by atoms with Gasteiger partial charge in [-0.3, -0.25) is 9.67 Å². The molecule has 3 saturated heterocycles. The minimum atomic E-state index is -0.744. The predicted octanol–water partition coefficient (Wildman–Crippen LogP) is 2.98. The second-order valence-electron chi connectivity index (χ2n) is 8.10. The number of hydrogen-bond donors (Lipinski definition) is 1. The van der Waals surface area contributed by atoms with E-state index in [0.717, 1.165) is 6.42 Å². The molecule has 3 aliphatic rings. The van der Waals surface area contributed by atoms with Crippen LogP contribution in [0.15, 0.2) is 0 Å². The molecule has 0 spiro atoms. The smallest absolute Gasteiger partial charge is 0.195 e. The van der Waals surface area contributed by atoms with Crippen molar-refractivity contribution in [1.82, 2.24) is 14.8 Å². The average molecular weight is 385 g/mol. The second kappa shape index (κ2) is 6.08. The Hall–Kier alpha value is -0.840. The van der Waals surface area contributed by atoms with Crippen molar-refractivity contribution >= 4 is 12.2 Å². The zero-order valence-corrected chi connectivity index (χ0v) is 16.8. The Labute approximate surface area is 158 Å². The van der Waals surface area contributed by atoms with E-state index in [-0.39, 0.29) is 24.4 Å². The molecule has 0 bridgehead atoms. The lowest BCUT2D eigenvalue weighted by Crippen LogP contribution is -2.52. The number of ether oxygens (including phenoxy) is 5. The third-order valence-corrected chi connectivity index (χ3v) is 5.46. The van der Waals surface area contributed by atoms with Crippen LogP contribution < -0.4 is 0 Å². The van der Waals surface area contributed by atoms with Gasteiger partial charge in [0.05, 0.1) is 0 Å². The first-order chi connectivity index (χ1) is 12.1. The van der Waals surface area contributed by atoms with Gasteiger partial charge in [0.1, 0.15) is 24.4 Å². The van der Waals surface area contributed by atoms with E-state index in [2.05, 4.69) is 24.0 Å². The molecule has 26 heavy (non-hydrogen) atoms. The molecule has 146 valence electrons. The molecule has 4 heterocycles. The first-order valence-corrected chi connectivity index (χ1v) is 9.56. The van der Waals surface area contributed by atoms with Crippen molar-refractivity contribution in [2.75, 3.05) is 0 Å². The fourth-order valence-corrected chi connectivity index (χ4v) is 4.27. The van der Waals surface area contributed by atoms with Crippen molar-refractivity contribution in [3.63, 3.8) is 0 Å². The summed E-state index contributed by atoms with van der Waals surface area (Å²) < 4.78 is 33.2. The zero-order valence-electron chi connectivity index (χ0n) is 16.0. The summed E-state index contributed by atoms with van der Waals surface area (Å²) in [5.74, 6) is -0.782. The van der Waals surface area contributed by atoms with E-state index in [4.69, 9.17) is 35.9 Å². The minimum absolute atomic E-state index is 0.184. The SMILES string of the molecule is CCC(C)n1c(C2OC3OC(C)(C)OC3C3OC(C)(C)OC23)n[nH]c1=S. The molecule has 0 radical (unpaired) electrons. The number of rotatable bonds is 3. The number of aromatic nitrogens is 3. The van der Waals surface area contributed by atoms with Crippen LogP contribution in [0.3, 0.4) is 0 Å². The Kier molecular flexibility index (Phi) is 4.33. The number of fused-ring (bicyclic) bond motifs is 3. The number of nitrogens with zero attached hydrogens (tertiary/aromatic N) is 2. The second-order valence-corrected chi connectivity index (χ2v) is 8.49. The zero-order chi connectivity index (χ0) is 18.9. The Balaban J connectivity index is 1.74. The van der Waals surface area contributed by atoms with Gasteiger partial charge < -0.3 is 23.7 Å². The maximum atomic E-state index is 6.29. The number of aromatic amines is 1. The first-order valence-electron chi connectivity index (χ1n) is 9.15. The average Bonchev–Trinajstić information content (AvgIpc) is 3.17. The maximum absolute atomic E-state index is 6.29. The molecule has 0 amide bonds. The Morgan fingerprint density at radius 3 is 2.38 bits per heavy atom. The van der Waals surface area contributed by atoms with Gasteiger partial charge in [-0.2, -0.15) is 5.10 Å². The molecule has 9 heteroatoms. The Morgan fingerprint density at radius 2 is 1.69 bits per heavy atom. The van der Waals surface area contributed by atoms with Gasteiger partial charge in [-0.25, -0.2) is 0 Å². The van der Waals surface area contributed by atoms with Crippen LogP contribution in [0.5, 0.6) is 0 Å². The van der Waals surface area contributed by atoms with Gasteiger partial charge in [-0.15, -0.1) is 0 Å². The van der Waals surface area contributed by atoms with Gasteiger partial charge in [0, 0.05) is 6.04 Å². The molecule has 8 nitrogen and oxygen atoms in total. The van der Waals surface area contributed by atoms with Crippen molar-refractivity contribution in [3.05, 3.63) is 10.6 Å². The predicted molar refractivity (Wildman–Crippen MR) is 93.9 cm³/mol. The molecule has 1 aromatic heterocycles. The highest BCUT2D eigenvalue weighted by Crippen LogP contribution is 2.48. The molecule has 6 atom stereocenters. The van der Waals surface area contributed by atoms with Crippen molar-refractivity contribution in [2.45, 2.75) is 96.3 Å². The molecule has 3 fully saturated rings. The standard InChI is InChI=1S/C17H27N3O5S/c1-7-8(2)20-13(18-19-15(20)26)11-9-10(23-16(3,4)22-9)12-14(21-11)25-17(5,6)24-12/h8-12,14H,7H2,1-6H3,(H,19,26). The normalized spacial score (nSPS) is 38.8. The monoisotopic (exact) mass is 385 g/mol. The van der Waals surface area contributed by atoms with Crippen LogP contribution in [-0.2, 0) is 23.7 Å². The van der Waals surface area contributed by atoms with E-state index >= 15 is 0 Å². The number of hydrogen-bond acceptors (Lipinski definition) is 7. The lowest BCUT2D eigenvalue weighted by molar-refractivity contribution is -0.238. The van der Waals surface area contributed by atoms with Gasteiger partial charge in [-0.05, 0) is 53.3 Å². The summed E-state index contributed by atoms with van der Waals surface area (Å²) in [5.41, 5.74) is 0. The molecule has 0 aromatic carbocycles. The van der Waals surface area contributed by atoms with Crippen molar-refractivity contribution in [1.29, 1.82) is 0 Å². The third-order valence-electron chi connectivity index (χ3n) is 5.17. The third kappa shape index (κ3) is 2.94. The van der Waals surface area contributed by atoms with Crippen LogP contribution in [0.1, 0.15) is 65.9 Å². The fraction of sp³-hybridized carbons (Fsp3) is 0.882. The maximum Gasteiger partial charge on any atom is 0.195 e. The van der Waals surface area contributed by atoms with Crippen LogP contribution in [0, 0.1) is 4.77 Å². The quantitative estimate of drug-likeness (QED) is 0.801. The molecule has 6 unspecified atom stereocenters. The van der Waals surface area contributed by atoms with Crippen LogP contribution in [0.4, 0.5) is 0 Å². The van der Waals surface area contributed by atoms with Gasteiger partial charge in [0.15, 0.2) is 28.5 Å². The van der Waals surface area contributed by atoms with Crippen LogP contribution >= 0.6 is 12.2 Å². The van der Waals surface area contributed by atoms with E-state index in [1.807, 2.05) is 32.3 Å². The first kappa shape index (κ1) is 18.5. The molecular weight excluding hydrogens is 358 g/mol. The minimum Gasteiger partial charge on any atom is -0.342 e. The Bertz CT molecular complexity index is 745. The lowest BCUT2D eigenvalue weighted by Gasteiger charge is -2.37. The van der Waals surface area contributed by atoms with Crippen molar-refractivity contribution in [3.8, 4) is 0 Å². The molecule has 1 N–H and O–H groups in total. The van der Waals surface area contributed by atoms with Crippen LogP contribution in [0.2, 0.25) is 0 Å². The molecule has 3 aliphatic heterocycles. The summed E-state index contributed by atoms with van der Waals surface area (Å²) in [7, 11) is 0. The molecule has 4 rings (SSSR count). The molecular formula is C17H27N3O5S. The van der Waals surface area contributed by atoms with E-state index in [9.17, 15) is 0 Å². The topological polar surface area (TPSA) is 79.8 Å². The highest BCUT2D eigenvalue weighted by molar-refractivity contribution is 7.71. The summed E-state index contributed by atoms with van der Waals surface area (Å²) >= 11 is 5.44. The van der Waals surface area contributed by atoms with E-state index in [0.29, 0.717) is 10.6 Å². The van der Waals surface area contributed by atoms with Gasteiger partial charge in [0.2, 0.25) is 0 Å². The van der Waals surface area contributed by atoms with E-state index in [1.54, 1.807) is 0 Å². The highest BCUT2D eigenvalue weighted by Gasteiger charge is 2.61. The van der Waals surface area contributed by atoms with E-state index in [1.165, 1.54) is 0 Å². The van der Waals surface area contributed by atoms with Gasteiger partial charge >= 0.3 is 0 Å². The highest BCUT2D eigenvalue weighted by atomic mass is 32.1. The van der Waals surface area contributed by atoms with Crippen LogP contribution in [-0.4, -0.2) is 50.9 Å². The molecule has 1 aromatic rings. The summed E-state index contributed by atoms with van der Waals surface area (Å²) in [6, 6.07) is 0.184. The van der Waals surface area contributed by atoms with Gasteiger partial charge in [-0.1, -0.05) is 6.92 Å². The van der Waals surface area contributed by atoms with Gasteiger partial charge in [0.25, 0.3) is 0 Å². The summed E-state index contributed by atoms with van der Waals surface area (Å²) in [6.45, 7) is 11.7. The Morgan fingerprint density at radius 1 is 1.08 bits per heavy atom.